The molecule has 0 saturated carbocycles. The van der Waals surface area contributed by atoms with Gasteiger partial charge in [0.15, 0.2) is 8.07 Å². The number of aryl methyl sites for hydroxylation is 1. The van der Waals surface area contributed by atoms with Crippen molar-refractivity contribution in [2.24, 2.45) is 0 Å². The Balaban J connectivity index is 1.22. The molecule has 5 heteroatoms. The van der Waals surface area contributed by atoms with Crippen LogP contribution in [0.25, 0.3) is 27.8 Å². The van der Waals surface area contributed by atoms with Gasteiger partial charge >= 0.3 is 0 Å². The van der Waals surface area contributed by atoms with Gasteiger partial charge in [0.25, 0.3) is 6.71 Å². The van der Waals surface area contributed by atoms with Crippen LogP contribution < -0.4 is 41.9 Å². The number of ether oxygens (including phenoxy) is 1. The van der Waals surface area contributed by atoms with Gasteiger partial charge in [0.05, 0.1) is 11.2 Å². The Kier molecular flexibility index (Phi) is 6.62. The van der Waals surface area contributed by atoms with E-state index in [9.17, 15) is 0 Å². The third-order valence-corrected chi connectivity index (χ3v) is 16.7. The first kappa shape index (κ1) is 29.8. The van der Waals surface area contributed by atoms with Gasteiger partial charge in [-0.3, -0.25) is 4.98 Å². The molecule has 0 radical (unpaired) electrons. The van der Waals surface area contributed by atoms with Crippen molar-refractivity contribution in [3.8, 4) is 28.4 Å². The second-order valence-corrected chi connectivity index (χ2v) is 18.2. The van der Waals surface area contributed by atoms with Crippen molar-refractivity contribution >= 4 is 62.8 Å². The summed E-state index contributed by atoms with van der Waals surface area (Å²) in [6, 6.07) is 58.6. The molecule has 0 N–H and O–H groups in total. The summed E-state index contributed by atoms with van der Waals surface area (Å²) in [6.07, 6.45) is 6.64. The molecule has 4 heterocycles. The number of para-hydroxylation sites is 1. The van der Waals surface area contributed by atoms with Crippen LogP contribution in [0.5, 0.6) is 11.5 Å². The lowest BCUT2D eigenvalue weighted by Crippen LogP contribution is -2.87. The lowest BCUT2D eigenvalue weighted by Gasteiger charge is -2.45. The van der Waals surface area contributed by atoms with Crippen molar-refractivity contribution in [1.82, 2.24) is 9.55 Å². The molecule has 3 aliphatic rings. The maximum absolute atomic E-state index is 6.97. The maximum Gasteiger partial charge on any atom is 0.250 e. The summed E-state index contributed by atoms with van der Waals surface area (Å²) in [7, 11) is -2.85. The minimum absolute atomic E-state index is 0.0217. The number of benzene rings is 6. The second kappa shape index (κ2) is 11.6. The molecule has 3 nitrogen and oxygen atoms in total. The Bertz CT molecular complexity index is 2630. The van der Waals surface area contributed by atoms with E-state index in [0.29, 0.717) is 0 Å². The molecular weight excluding hydrogens is 647 g/mol. The van der Waals surface area contributed by atoms with Crippen molar-refractivity contribution in [2.75, 3.05) is 0 Å². The van der Waals surface area contributed by atoms with Gasteiger partial charge in [-0.05, 0) is 111 Å². The molecule has 0 bridgehead atoms. The van der Waals surface area contributed by atoms with Gasteiger partial charge in [0.1, 0.15) is 11.5 Å². The Morgan fingerprint density at radius 1 is 0.596 bits per heavy atom. The van der Waals surface area contributed by atoms with Crippen LogP contribution in [0, 0.1) is 0 Å². The van der Waals surface area contributed by atoms with E-state index in [4.69, 9.17) is 9.72 Å². The highest BCUT2D eigenvalue weighted by atomic mass is 28.3. The summed E-state index contributed by atoms with van der Waals surface area (Å²) in [5, 5.41) is 6.96. The highest BCUT2D eigenvalue weighted by Crippen LogP contribution is 2.36. The lowest BCUT2D eigenvalue weighted by molar-refractivity contribution is 0.487. The van der Waals surface area contributed by atoms with E-state index in [1.54, 1.807) is 0 Å². The summed E-state index contributed by atoms with van der Waals surface area (Å²) < 4.78 is 9.52. The van der Waals surface area contributed by atoms with Gasteiger partial charge in [-0.15, -0.1) is 0 Å². The molecule has 1 aliphatic carbocycles. The van der Waals surface area contributed by atoms with Crippen molar-refractivity contribution in [2.45, 2.75) is 25.7 Å². The Morgan fingerprint density at radius 3 is 2.17 bits per heavy atom. The SMILES string of the molecule is c1ccc([Si]2(c3ccccc3)c3cc(-c4ccccn4)ccc3B3c4cc(-n5c6c(c7ccccc75)CCCC6)ccc4Oc4cccc2c43)cc1. The summed E-state index contributed by atoms with van der Waals surface area (Å²) in [5.74, 6) is 1.91. The van der Waals surface area contributed by atoms with Crippen LogP contribution >= 0.6 is 0 Å². The average Bonchev–Trinajstić information content (AvgIpc) is 3.56. The molecule has 52 heavy (non-hydrogen) atoms. The van der Waals surface area contributed by atoms with Crippen molar-refractivity contribution in [3.63, 3.8) is 0 Å². The van der Waals surface area contributed by atoms with E-state index < -0.39 is 8.07 Å². The Labute approximate surface area is 305 Å². The van der Waals surface area contributed by atoms with Crippen LogP contribution in [0.15, 0.2) is 164 Å². The molecule has 8 aromatic rings. The zero-order valence-electron chi connectivity index (χ0n) is 28.8. The number of aromatic nitrogens is 2. The van der Waals surface area contributed by atoms with Crippen molar-refractivity contribution in [1.29, 1.82) is 0 Å². The molecule has 11 rings (SSSR count). The second-order valence-electron chi connectivity index (χ2n) is 14.5. The summed E-state index contributed by atoms with van der Waals surface area (Å²) in [4.78, 5) is 4.83. The van der Waals surface area contributed by atoms with Crippen LogP contribution in [0.2, 0.25) is 0 Å². The molecule has 246 valence electrons. The summed E-state index contributed by atoms with van der Waals surface area (Å²) in [6.45, 7) is 0.0217. The highest BCUT2D eigenvalue weighted by molar-refractivity contribution is 7.26. The number of rotatable bonds is 4. The number of fused-ring (bicyclic) bond motifs is 7. The molecule has 2 aliphatic heterocycles. The molecule has 0 fully saturated rings. The summed E-state index contributed by atoms with van der Waals surface area (Å²) >= 11 is 0. The minimum Gasteiger partial charge on any atom is -0.458 e. The van der Waals surface area contributed by atoms with E-state index >= 15 is 0 Å². The third-order valence-electron chi connectivity index (χ3n) is 11.9. The number of pyridine rings is 1. The standard InChI is InChI=1S/C47H35BN2OSi/c1-3-14-34(15-4-1)52(35-16-5-2-6-17-35)45-24-13-23-44-47(45)48(38-27-25-32(30-46(38)52)40-20-11-12-29-49-40)39-31-33(26-28-43(39)51-44)50-41-21-9-7-18-36(41)37-19-8-10-22-42(37)50/h1-7,9,11-18,20-21,23-31H,8,10,19,22H2. The summed E-state index contributed by atoms with van der Waals surface area (Å²) in [5.41, 5.74) is 11.6. The fraction of sp³-hybridized carbons (Fsp3) is 0.0851. The van der Waals surface area contributed by atoms with Crippen LogP contribution in [0.1, 0.15) is 24.1 Å². The van der Waals surface area contributed by atoms with Crippen molar-refractivity contribution < 1.29 is 4.74 Å². The van der Waals surface area contributed by atoms with Crippen LogP contribution in [0.3, 0.4) is 0 Å². The van der Waals surface area contributed by atoms with E-state index in [1.807, 2.05) is 12.3 Å². The molecule has 0 spiro atoms. The van der Waals surface area contributed by atoms with Gasteiger partial charge in [-0.1, -0.05) is 121 Å². The minimum atomic E-state index is -2.85. The van der Waals surface area contributed by atoms with E-state index in [1.165, 1.54) is 77.8 Å². The van der Waals surface area contributed by atoms with E-state index in [0.717, 1.165) is 35.6 Å². The van der Waals surface area contributed by atoms with Gasteiger partial charge in [-0.2, -0.15) is 0 Å². The monoisotopic (exact) mass is 682 g/mol. The van der Waals surface area contributed by atoms with Gasteiger partial charge in [-0.25, -0.2) is 0 Å². The molecule has 0 unspecified atom stereocenters. The van der Waals surface area contributed by atoms with Crippen LogP contribution in [0.4, 0.5) is 0 Å². The first-order chi connectivity index (χ1) is 25.8. The van der Waals surface area contributed by atoms with Crippen molar-refractivity contribution in [3.05, 3.63) is 175 Å². The Morgan fingerprint density at radius 2 is 1.37 bits per heavy atom. The normalized spacial score (nSPS) is 14.9. The first-order valence-corrected chi connectivity index (χ1v) is 20.5. The predicted octanol–water partition coefficient (Wildman–Crippen LogP) is 5.88. The fourth-order valence-corrected chi connectivity index (χ4v) is 15.1. The molecule has 0 saturated heterocycles. The molecular formula is C47H35BN2OSi. The topological polar surface area (TPSA) is 27.1 Å². The number of hydrogen-bond donors (Lipinski definition) is 0. The maximum atomic E-state index is 6.97. The Hall–Kier alpha value is -5.91. The highest BCUT2D eigenvalue weighted by Gasteiger charge is 2.52. The van der Waals surface area contributed by atoms with Crippen LogP contribution in [-0.4, -0.2) is 24.3 Å². The molecule has 0 atom stereocenters. The number of hydrogen-bond acceptors (Lipinski definition) is 2. The quantitative estimate of drug-likeness (QED) is 0.217. The number of nitrogens with zero attached hydrogens (tertiary/aromatic N) is 2. The van der Waals surface area contributed by atoms with Crippen LogP contribution in [-0.2, 0) is 12.8 Å². The zero-order valence-corrected chi connectivity index (χ0v) is 29.8. The smallest absolute Gasteiger partial charge is 0.250 e. The van der Waals surface area contributed by atoms with E-state index in [2.05, 4.69) is 156 Å². The molecule has 2 aromatic heterocycles. The molecule has 6 aromatic carbocycles. The predicted molar refractivity (Wildman–Crippen MR) is 218 cm³/mol. The molecule has 0 amide bonds. The van der Waals surface area contributed by atoms with Gasteiger partial charge in [0.2, 0.25) is 0 Å². The lowest BCUT2D eigenvalue weighted by atomic mass is 9.35. The van der Waals surface area contributed by atoms with E-state index in [-0.39, 0.29) is 6.71 Å². The fourth-order valence-electron chi connectivity index (χ4n) is 9.77. The zero-order chi connectivity index (χ0) is 34.2. The van der Waals surface area contributed by atoms with Gasteiger partial charge in [0, 0.05) is 23.0 Å². The average molecular weight is 683 g/mol. The first-order valence-electron chi connectivity index (χ1n) is 18.5. The van der Waals surface area contributed by atoms with Gasteiger partial charge < -0.3 is 9.30 Å². The largest absolute Gasteiger partial charge is 0.458 e. The third kappa shape index (κ3) is 4.17.